The number of ether oxygens (including phenoxy) is 2. The molecule has 0 saturated carbocycles. The fourth-order valence-corrected chi connectivity index (χ4v) is 6.06. The molecule has 5 rings (SSSR count). The Hall–Kier alpha value is -2.90. The van der Waals surface area contributed by atoms with E-state index in [1.54, 1.807) is 24.3 Å². The van der Waals surface area contributed by atoms with Crippen molar-refractivity contribution in [3.63, 3.8) is 0 Å². The Morgan fingerprint density at radius 3 is 2.63 bits per heavy atom. The fraction of sp³-hybridized carbons (Fsp3) is 0.357. The maximum atomic E-state index is 14.7. The normalized spacial score (nSPS) is 22.9. The van der Waals surface area contributed by atoms with Crippen molar-refractivity contribution in [2.24, 2.45) is 5.92 Å². The first-order valence-electron chi connectivity index (χ1n) is 12.0. The lowest BCUT2D eigenvalue weighted by atomic mass is 9.99. The maximum absolute atomic E-state index is 14.7. The van der Waals surface area contributed by atoms with Crippen molar-refractivity contribution in [3.05, 3.63) is 77.6 Å². The molecule has 0 amide bonds. The molecule has 4 unspecified atom stereocenters. The summed E-state index contributed by atoms with van der Waals surface area (Å²) in [5.41, 5.74) is 1.72. The monoisotopic (exact) mass is 495 g/mol. The number of benzene rings is 3. The van der Waals surface area contributed by atoms with Gasteiger partial charge in [0.2, 0.25) is 0 Å². The van der Waals surface area contributed by atoms with Crippen molar-refractivity contribution >= 4 is 11.8 Å². The number of thioether (sulfide) groups is 1. The Kier molecular flexibility index (Phi) is 6.80. The summed E-state index contributed by atoms with van der Waals surface area (Å²) >= 11 is 1.29. The van der Waals surface area contributed by atoms with Crippen molar-refractivity contribution in [1.82, 2.24) is 4.90 Å². The van der Waals surface area contributed by atoms with Crippen molar-refractivity contribution < 1.29 is 24.1 Å². The van der Waals surface area contributed by atoms with E-state index in [1.165, 1.54) is 24.2 Å². The van der Waals surface area contributed by atoms with Crippen LogP contribution >= 0.6 is 11.8 Å². The van der Waals surface area contributed by atoms with Gasteiger partial charge in [-0.1, -0.05) is 31.2 Å². The third kappa shape index (κ3) is 5.07. The number of phenolic OH excluding ortho intramolecular Hbond substituents is 2. The predicted molar refractivity (Wildman–Crippen MR) is 135 cm³/mol. The van der Waals surface area contributed by atoms with Gasteiger partial charge in [0, 0.05) is 12.6 Å². The largest absolute Gasteiger partial charge is 0.508 e. The van der Waals surface area contributed by atoms with Crippen LogP contribution in [0, 0.1) is 11.7 Å². The zero-order chi connectivity index (χ0) is 24.5. The number of hydrogen-bond donors (Lipinski definition) is 2. The lowest BCUT2D eigenvalue weighted by Gasteiger charge is -2.34. The first-order chi connectivity index (χ1) is 16.9. The molecule has 2 heterocycles. The molecule has 0 aliphatic carbocycles. The van der Waals surface area contributed by atoms with E-state index >= 15 is 0 Å². The van der Waals surface area contributed by atoms with Crippen LogP contribution in [0.2, 0.25) is 0 Å². The molecular weight excluding hydrogens is 465 g/mol. The molecule has 5 nitrogen and oxygen atoms in total. The Balaban J connectivity index is 1.36. The summed E-state index contributed by atoms with van der Waals surface area (Å²) in [4.78, 5) is 2.74. The zero-order valence-electron chi connectivity index (χ0n) is 19.9. The average molecular weight is 496 g/mol. The van der Waals surface area contributed by atoms with Gasteiger partial charge in [-0.2, -0.15) is 0 Å². The van der Waals surface area contributed by atoms with Crippen LogP contribution in [-0.4, -0.2) is 40.9 Å². The van der Waals surface area contributed by atoms with Gasteiger partial charge in [0.1, 0.15) is 30.0 Å². The van der Waals surface area contributed by atoms with Gasteiger partial charge >= 0.3 is 0 Å². The van der Waals surface area contributed by atoms with E-state index in [0.717, 1.165) is 35.9 Å². The second-order valence-corrected chi connectivity index (χ2v) is 10.7. The quantitative estimate of drug-likeness (QED) is 0.418. The number of hydrogen-bond acceptors (Lipinski definition) is 6. The van der Waals surface area contributed by atoms with Crippen LogP contribution in [0.4, 0.5) is 4.39 Å². The molecule has 184 valence electrons. The van der Waals surface area contributed by atoms with Crippen LogP contribution in [0.1, 0.15) is 42.7 Å². The molecule has 0 radical (unpaired) electrons. The summed E-state index contributed by atoms with van der Waals surface area (Å²) in [7, 11) is 0. The lowest BCUT2D eigenvalue weighted by molar-refractivity contribution is 0.168. The summed E-state index contributed by atoms with van der Waals surface area (Å²) in [6, 6.07) is 18.0. The molecule has 0 bridgehead atoms. The van der Waals surface area contributed by atoms with E-state index in [2.05, 4.69) is 18.7 Å². The average Bonchev–Trinajstić information content (AvgIpc) is 3.31. The van der Waals surface area contributed by atoms with Gasteiger partial charge in [-0.05, 0) is 73.3 Å². The minimum absolute atomic E-state index is 0.134. The fourth-order valence-electron chi connectivity index (χ4n) is 4.75. The Morgan fingerprint density at radius 2 is 1.91 bits per heavy atom. The highest BCUT2D eigenvalue weighted by Crippen LogP contribution is 2.55. The molecule has 0 aromatic heterocycles. The van der Waals surface area contributed by atoms with E-state index in [1.807, 2.05) is 30.3 Å². The van der Waals surface area contributed by atoms with E-state index in [-0.39, 0.29) is 15.9 Å². The minimum Gasteiger partial charge on any atom is -0.508 e. The van der Waals surface area contributed by atoms with E-state index in [9.17, 15) is 14.6 Å². The standard InChI is InChI=1S/C28H30FNO4S/c1-17-12-13-30(15-17)18(2)16-33-22-8-6-19(7-9-22)26-27(20-4-3-5-21(31)14-20)35-28-24(34-26)11-10-23(32)25(28)29/h3-11,14,17-18,26-27,31-32H,12-13,15-16H2,1-2H3. The van der Waals surface area contributed by atoms with Crippen LogP contribution in [0.25, 0.3) is 0 Å². The second-order valence-electron chi connectivity index (χ2n) is 9.52. The van der Waals surface area contributed by atoms with Crippen LogP contribution in [0.5, 0.6) is 23.0 Å². The predicted octanol–water partition coefficient (Wildman–Crippen LogP) is 6.31. The van der Waals surface area contributed by atoms with Crippen LogP contribution < -0.4 is 9.47 Å². The maximum Gasteiger partial charge on any atom is 0.182 e. The SMILES string of the molecule is CC1CCN(C(C)COc2ccc(C3Oc4ccc(O)c(F)c4SC3c3cccc(O)c3)cc2)C1. The summed E-state index contributed by atoms with van der Waals surface area (Å²) < 4.78 is 27.0. The van der Waals surface area contributed by atoms with Crippen LogP contribution in [-0.2, 0) is 0 Å². The van der Waals surface area contributed by atoms with Gasteiger partial charge in [-0.3, -0.25) is 4.90 Å². The molecule has 2 aliphatic heterocycles. The van der Waals surface area contributed by atoms with E-state index in [4.69, 9.17) is 9.47 Å². The summed E-state index contributed by atoms with van der Waals surface area (Å²) in [6.07, 6.45) is 0.822. The van der Waals surface area contributed by atoms with Gasteiger partial charge in [-0.15, -0.1) is 11.8 Å². The Labute approximate surface area is 209 Å². The molecule has 3 aromatic carbocycles. The topological polar surface area (TPSA) is 62.2 Å². The number of nitrogens with zero attached hydrogens (tertiary/aromatic N) is 1. The molecule has 35 heavy (non-hydrogen) atoms. The molecule has 7 heteroatoms. The van der Waals surface area contributed by atoms with Gasteiger partial charge in [0.15, 0.2) is 11.6 Å². The summed E-state index contributed by atoms with van der Waals surface area (Å²) in [5.74, 6) is 0.956. The van der Waals surface area contributed by atoms with Crippen molar-refractivity contribution in [3.8, 4) is 23.0 Å². The van der Waals surface area contributed by atoms with Crippen molar-refractivity contribution in [2.45, 2.75) is 42.6 Å². The van der Waals surface area contributed by atoms with Crippen molar-refractivity contribution in [1.29, 1.82) is 0 Å². The van der Waals surface area contributed by atoms with Crippen LogP contribution in [0.3, 0.4) is 0 Å². The number of likely N-dealkylation sites (tertiary alicyclic amines) is 1. The molecular formula is C28H30FNO4S. The second kappa shape index (κ2) is 9.99. The smallest absolute Gasteiger partial charge is 0.182 e. The molecule has 3 aromatic rings. The Bertz CT molecular complexity index is 1190. The number of aromatic hydroxyl groups is 2. The molecule has 1 fully saturated rings. The molecule has 4 atom stereocenters. The number of halogens is 1. The highest BCUT2D eigenvalue weighted by molar-refractivity contribution is 7.99. The molecule has 0 spiro atoms. The molecule has 2 aliphatic rings. The lowest BCUT2D eigenvalue weighted by Crippen LogP contribution is -2.35. The highest BCUT2D eigenvalue weighted by atomic mass is 32.2. The molecule has 1 saturated heterocycles. The van der Waals surface area contributed by atoms with Gasteiger partial charge in [0.25, 0.3) is 0 Å². The summed E-state index contributed by atoms with van der Waals surface area (Å²) in [5, 5.41) is 19.6. The van der Waals surface area contributed by atoms with E-state index in [0.29, 0.717) is 18.4 Å². The van der Waals surface area contributed by atoms with Gasteiger partial charge < -0.3 is 19.7 Å². The Morgan fingerprint density at radius 1 is 1.11 bits per heavy atom. The highest BCUT2D eigenvalue weighted by Gasteiger charge is 2.36. The van der Waals surface area contributed by atoms with Gasteiger partial charge in [0.05, 0.1) is 10.1 Å². The third-order valence-electron chi connectivity index (χ3n) is 6.79. The molecule has 2 N–H and O–H groups in total. The van der Waals surface area contributed by atoms with Crippen LogP contribution in [0.15, 0.2) is 65.6 Å². The minimum atomic E-state index is -0.693. The first kappa shape index (κ1) is 23.8. The zero-order valence-corrected chi connectivity index (χ0v) is 20.7. The van der Waals surface area contributed by atoms with Gasteiger partial charge in [-0.25, -0.2) is 4.39 Å². The third-order valence-corrected chi connectivity index (χ3v) is 8.18. The van der Waals surface area contributed by atoms with E-state index < -0.39 is 17.7 Å². The van der Waals surface area contributed by atoms with Crippen molar-refractivity contribution in [2.75, 3.05) is 19.7 Å². The number of rotatable bonds is 6. The number of phenols is 2. The summed E-state index contributed by atoms with van der Waals surface area (Å²) in [6.45, 7) is 7.36. The first-order valence-corrected chi connectivity index (χ1v) is 12.9. The number of fused-ring (bicyclic) bond motifs is 1.